The Morgan fingerprint density at radius 1 is 1.10 bits per heavy atom. The lowest BCUT2D eigenvalue weighted by Crippen LogP contribution is -2.15. The minimum atomic E-state index is 0.159. The second-order valence-corrected chi connectivity index (χ2v) is 6.96. The molecule has 0 saturated heterocycles. The van der Waals surface area contributed by atoms with Gasteiger partial charge >= 0.3 is 0 Å². The van der Waals surface area contributed by atoms with Gasteiger partial charge in [0.15, 0.2) is 5.78 Å². The average Bonchev–Trinajstić information content (AvgIpc) is 2.47. The molecule has 1 nitrogen and oxygen atoms in total. The summed E-state index contributed by atoms with van der Waals surface area (Å²) in [7, 11) is 0. The van der Waals surface area contributed by atoms with Crippen LogP contribution in [-0.4, -0.2) is 5.78 Å². The first-order chi connectivity index (χ1) is 9.92. The molecular weight excluding hydrogens is 324 g/mol. The number of ketones is 1. The highest BCUT2D eigenvalue weighted by molar-refractivity contribution is 9.10. The Labute approximate surface area is 135 Å². The summed E-state index contributed by atoms with van der Waals surface area (Å²) < 4.78 is 1.01. The normalized spacial score (nSPS) is 11.4. The molecule has 2 heteroatoms. The van der Waals surface area contributed by atoms with Gasteiger partial charge in [0.1, 0.15) is 0 Å². The maximum Gasteiger partial charge on any atom is 0.167 e. The molecule has 0 aliphatic carbocycles. The molecule has 0 aliphatic rings. The first kappa shape index (κ1) is 16.0. The highest BCUT2D eigenvalue weighted by Gasteiger charge is 2.18. The Kier molecular flexibility index (Phi) is 5.00. The van der Waals surface area contributed by atoms with Crippen molar-refractivity contribution in [3.63, 3.8) is 0 Å². The van der Waals surface area contributed by atoms with E-state index < -0.39 is 0 Å². The second-order valence-electron chi connectivity index (χ2n) is 6.04. The molecule has 0 aliphatic heterocycles. The lowest BCUT2D eigenvalue weighted by atomic mass is 9.82. The van der Waals surface area contributed by atoms with Crippen LogP contribution in [0.15, 0.2) is 53.0 Å². The first-order valence-electron chi connectivity index (χ1n) is 7.30. The zero-order valence-corrected chi connectivity index (χ0v) is 14.4. The summed E-state index contributed by atoms with van der Waals surface area (Å²) in [5.74, 6) is 0.161. The molecule has 0 spiro atoms. The molecule has 0 bridgehead atoms. The summed E-state index contributed by atoms with van der Waals surface area (Å²) in [4.78, 5) is 12.3. The number of carbonyl (C=O) groups excluding carboxylic acids is 1. The number of hydrogen-bond acceptors (Lipinski definition) is 1. The van der Waals surface area contributed by atoms with Gasteiger partial charge in [-0.3, -0.25) is 4.79 Å². The van der Waals surface area contributed by atoms with Crippen LogP contribution in [0.1, 0.15) is 48.7 Å². The van der Waals surface area contributed by atoms with Crippen LogP contribution >= 0.6 is 15.9 Å². The molecule has 0 atom stereocenters. The monoisotopic (exact) mass is 344 g/mol. The lowest BCUT2D eigenvalue weighted by molar-refractivity contribution is 0.0993. The SMILES string of the molecule is CCC(C)(C)c1ccc(C(=O)Cc2cccc(Br)c2)cc1. The van der Waals surface area contributed by atoms with Crippen molar-refractivity contribution < 1.29 is 4.79 Å². The minimum Gasteiger partial charge on any atom is -0.294 e. The van der Waals surface area contributed by atoms with Gasteiger partial charge in [-0.2, -0.15) is 0 Å². The fourth-order valence-electron chi connectivity index (χ4n) is 2.25. The van der Waals surface area contributed by atoms with Crippen LogP contribution in [0.3, 0.4) is 0 Å². The molecule has 0 fully saturated rings. The summed E-state index contributed by atoms with van der Waals surface area (Å²) in [6, 6.07) is 16.0. The molecule has 2 aromatic rings. The molecule has 21 heavy (non-hydrogen) atoms. The van der Waals surface area contributed by atoms with Crippen LogP contribution in [0.2, 0.25) is 0 Å². The molecule has 110 valence electrons. The zero-order valence-electron chi connectivity index (χ0n) is 12.8. The van der Waals surface area contributed by atoms with Crippen molar-refractivity contribution in [2.75, 3.05) is 0 Å². The summed E-state index contributed by atoms with van der Waals surface area (Å²) >= 11 is 3.44. The third kappa shape index (κ3) is 4.04. The van der Waals surface area contributed by atoms with Crippen LogP contribution < -0.4 is 0 Å². The third-order valence-corrected chi connectivity index (χ3v) is 4.62. The van der Waals surface area contributed by atoms with Crippen LogP contribution in [0.4, 0.5) is 0 Å². The Bertz CT molecular complexity index is 626. The third-order valence-electron chi connectivity index (χ3n) is 4.13. The van der Waals surface area contributed by atoms with Crippen molar-refractivity contribution in [3.8, 4) is 0 Å². The van der Waals surface area contributed by atoms with E-state index in [0.29, 0.717) is 6.42 Å². The number of rotatable bonds is 5. The van der Waals surface area contributed by atoms with Gasteiger partial charge in [-0.15, -0.1) is 0 Å². The summed E-state index contributed by atoms with van der Waals surface area (Å²) in [5.41, 5.74) is 3.26. The highest BCUT2D eigenvalue weighted by Crippen LogP contribution is 2.26. The molecule has 0 aromatic heterocycles. The van der Waals surface area contributed by atoms with Crippen LogP contribution in [0.25, 0.3) is 0 Å². The van der Waals surface area contributed by atoms with Gasteiger partial charge in [-0.25, -0.2) is 0 Å². The van der Waals surface area contributed by atoms with E-state index in [0.717, 1.165) is 22.0 Å². The standard InChI is InChI=1S/C19H21BrO/c1-4-19(2,3)16-10-8-15(9-11-16)18(21)13-14-6-5-7-17(20)12-14/h5-12H,4,13H2,1-3H3. The Morgan fingerprint density at radius 2 is 1.76 bits per heavy atom. The molecule has 0 radical (unpaired) electrons. The van der Waals surface area contributed by atoms with Crippen molar-refractivity contribution in [1.29, 1.82) is 0 Å². The summed E-state index contributed by atoms with van der Waals surface area (Å²) in [6.45, 7) is 6.64. The van der Waals surface area contributed by atoms with E-state index in [4.69, 9.17) is 0 Å². The molecule has 0 heterocycles. The van der Waals surface area contributed by atoms with E-state index in [1.165, 1.54) is 5.56 Å². The molecule has 0 unspecified atom stereocenters. The van der Waals surface area contributed by atoms with Crippen LogP contribution in [-0.2, 0) is 11.8 Å². The Morgan fingerprint density at radius 3 is 2.33 bits per heavy atom. The van der Waals surface area contributed by atoms with Crippen molar-refractivity contribution in [2.24, 2.45) is 0 Å². The van der Waals surface area contributed by atoms with Crippen molar-refractivity contribution in [3.05, 3.63) is 69.7 Å². The molecule has 0 saturated carbocycles. The number of Topliss-reactive ketones (excluding diaryl/α,β-unsaturated/α-hetero) is 1. The smallest absolute Gasteiger partial charge is 0.167 e. The van der Waals surface area contributed by atoms with Gasteiger partial charge < -0.3 is 0 Å². The van der Waals surface area contributed by atoms with Crippen molar-refractivity contribution >= 4 is 21.7 Å². The molecule has 0 amide bonds. The fraction of sp³-hybridized carbons (Fsp3) is 0.316. The van der Waals surface area contributed by atoms with Gasteiger partial charge in [-0.05, 0) is 35.1 Å². The average molecular weight is 345 g/mol. The van der Waals surface area contributed by atoms with E-state index in [2.05, 4.69) is 48.8 Å². The minimum absolute atomic E-state index is 0.159. The largest absolute Gasteiger partial charge is 0.294 e. The van der Waals surface area contributed by atoms with Crippen molar-refractivity contribution in [2.45, 2.75) is 39.0 Å². The number of hydrogen-bond donors (Lipinski definition) is 0. The van der Waals surface area contributed by atoms with Gasteiger partial charge in [0, 0.05) is 16.5 Å². The zero-order chi connectivity index (χ0) is 15.5. The Hall–Kier alpha value is -1.41. The highest BCUT2D eigenvalue weighted by atomic mass is 79.9. The molecule has 2 aromatic carbocycles. The van der Waals surface area contributed by atoms with Crippen LogP contribution in [0, 0.1) is 0 Å². The van der Waals surface area contributed by atoms with E-state index >= 15 is 0 Å². The predicted molar refractivity (Wildman–Crippen MR) is 91.9 cm³/mol. The maximum absolute atomic E-state index is 12.3. The van der Waals surface area contributed by atoms with Gasteiger partial charge in [0.05, 0.1) is 0 Å². The van der Waals surface area contributed by atoms with Gasteiger partial charge in [-0.1, -0.05) is 73.1 Å². The summed E-state index contributed by atoms with van der Waals surface area (Å²) in [5, 5.41) is 0. The number of carbonyl (C=O) groups is 1. The predicted octanol–water partition coefficient (Wildman–Crippen LogP) is 5.56. The quantitative estimate of drug-likeness (QED) is 0.648. The van der Waals surface area contributed by atoms with Gasteiger partial charge in [0.2, 0.25) is 0 Å². The lowest BCUT2D eigenvalue weighted by Gasteiger charge is -2.23. The van der Waals surface area contributed by atoms with Crippen LogP contribution in [0.5, 0.6) is 0 Å². The van der Waals surface area contributed by atoms with Crippen molar-refractivity contribution in [1.82, 2.24) is 0 Å². The maximum atomic E-state index is 12.3. The fourth-order valence-corrected chi connectivity index (χ4v) is 2.69. The second kappa shape index (κ2) is 6.57. The topological polar surface area (TPSA) is 17.1 Å². The number of benzene rings is 2. The first-order valence-corrected chi connectivity index (χ1v) is 8.10. The van der Waals surface area contributed by atoms with E-state index in [1.54, 1.807) is 0 Å². The number of halogens is 1. The Balaban J connectivity index is 2.13. The summed E-state index contributed by atoms with van der Waals surface area (Å²) in [6.07, 6.45) is 1.52. The molecule has 2 rings (SSSR count). The van der Waals surface area contributed by atoms with E-state index in [-0.39, 0.29) is 11.2 Å². The van der Waals surface area contributed by atoms with E-state index in [9.17, 15) is 4.79 Å². The molecule has 0 N–H and O–H groups in total. The van der Waals surface area contributed by atoms with Gasteiger partial charge in [0.25, 0.3) is 0 Å². The molecular formula is C19H21BrO. The van der Waals surface area contributed by atoms with E-state index in [1.807, 2.05) is 36.4 Å².